The van der Waals surface area contributed by atoms with Gasteiger partial charge in [-0.2, -0.15) is 5.26 Å². The SMILES string of the molecule is Cc1ccc(C)c(C(C#N)NCCN=[N+]=[N-])c1. The predicted octanol–water partition coefficient (Wildman–Crippen LogP) is 2.77. The monoisotopic (exact) mass is 229 g/mol. The summed E-state index contributed by atoms with van der Waals surface area (Å²) in [5, 5.41) is 15.6. The van der Waals surface area contributed by atoms with Crippen LogP contribution in [0.2, 0.25) is 0 Å². The van der Waals surface area contributed by atoms with E-state index in [9.17, 15) is 0 Å². The predicted molar refractivity (Wildman–Crippen MR) is 66.3 cm³/mol. The molecule has 1 aromatic carbocycles. The van der Waals surface area contributed by atoms with Gasteiger partial charge in [-0.15, -0.1) is 0 Å². The summed E-state index contributed by atoms with van der Waals surface area (Å²) in [5.41, 5.74) is 11.3. The van der Waals surface area contributed by atoms with Gasteiger partial charge >= 0.3 is 0 Å². The maximum atomic E-state index is 9.14. The number of azide groups is 1. The van der Waals surface area contributed by atoms with Crippen molar-refractivity contribution >= 4 is 0 Å². The molecule has 0 saturated carbocycles. The first-order valence-electron chi connectivity index (χ1n) is 5.40. The smallest absolute Gasteiger partial charge is 0.121 e. The lowest BCUT2D eigenvalue weighted by Gasteiger charge is -2.14. The van der Waals surface area contributed by atoms with Crippen molar-refractivity contribution < 1.29 is 0 Å². The van der Waals surface area contributed by atoms with Crippen molar-refractivity contribution in [2.24, 2.45) is 5.11 Å². The van der Waals surface area contributed by atoms with E-state index in [4.69, 9.17) is 10.8 Å². The Bertz CT molecular complexity index is 468. The molecule has 1 rings (SSSR count). The van der Waals surface area contributed by atoms with Crippen LogP contribution in [0.15, 0.2) is 23.3 Å². The van der Waals surface area contributed by atoms with E-state index in [0.29, 0.717) is 13.1 Å². The van der Waals surface area contributed by atoms with E-state index < -0.39 is 0 Å². The fourth-order valence-corrected chi connectivity index (χ4v) is 1.60. The van der Waals surface area contributed by atoms with Gasteiger partial charge in [0, 0.05) is 18.0 Å². The molecule has 1 aromatic rings. The highest BCUT2D eigenvalue weighted by Gasteiger charge is 2.11. The second kappa shape index (κ2) is 6.54. The normalized spacial score (nSPS) is 11.4. The summed E-state index contributed by atoms with van der Waals surface area (Å²) in [5.74, 6) is 0. The molecule has 88 valence electrons. The minimum absolute atomic E-state index is 0.347. The molecule has 0 radical (unpaired) electrons. The van der Waals surface area contributed by atoms with Crippen LogP contribution in [0, 0.1) is 25.2 Å². The van der Waals surface area contributed by atoms with E-state index in [1.807, 2.05) is 32.0 Å². The van der Waals surface area contributed by atoms with Gasteiger partial charge in [0.1, 0.15) is 6.04 Å². The van der Waals surface area contributed by atoms with E-state index >= 15 is 0 Å². The molecule has 1 N–H and O–H groups in total. The summed E-state index contributed by atoms with van der Waals surface area (Å²) in [6.07, 6.45) is 0. The van der Waals surface area contributed by atoms with E-state index in [-0.39, 0.29) is 6.04 Å². The van der Waals surface area contributed by atoms with Crippen LogP contribution in [0.5, 0.6) is 0 Å². The van der Waals surface area contributed by atoms with E-state index in [2.05, 4.69) is 21.4 Å². The summed E-state index contributed by atoms with van der Waals surface area (Å²) in [4.78, 5) is 2.66. The Morgan fingerprint density at radius 1 is 1.53 bits per heavy atom. The van der Waals surface area contributed by atoms with Gasteiger partial charge < -0.3 is 0 Å². The Labute approximate surface area is 101 Å². The largest absolute Gasteiger partial charge is 0.298 e. The van der Waals surface area contributed by atoms with Crippen LogP contribution < -0.4 is 5.32 Å². The molecule has 0 heterocycles. The third-order valence-corrected chi connectivity index (χ3v) is 2.50. The van der Waals surface area contributed by atoms with Crippen molar-refractivity contribution in [1.29, 1.82) is 5.26 Å². The molecule has 1 unspecified atom stereocenters. The fraction of sp³-hybridized carbons (Fsp3) is 0.417. The molecule has 0 bridgehead atoms. The zero-order chi connectivity index (χ0) is 12.7. The first-order chi connectivity index (χ1) is 8.19. The number of nitrogens with zero attached hydrogens (tertiary/aromatic N) is 4. The number of hydrogen-bond donors (Lipinski definition) is 1. The van der Waals surface area contributed by atoms with Crippen LogP contribution >= 0.6 is 0 Å². The minimum Gasteiger partial charge on any atom is -0.298 e. The summed E-state index contributed by atoms with van der Waals surface area (Å²) in [7, 11) is 0. The molecular formula is C12H15N5. The maximum Gasteiger partial charge on any atom is 0.121 e. The van der Waals surface area contributed by atoms with Gasteiger partial charge in [0.2, 0.25) is 0 Å². The highest BCUT2D eigenvalue weighted by molar-refractivity contribution is 5.35. The minimum atomic E-state index is -0.358. The van der Waals surface area contributed by atoms with Gasteiger partial charge in [-0.3, -0.25) is 5.32 Å². The standard InChI is InChI=1S/C12H15N5/c1-9-3-4-10(2)11(7-9)12(8-13)15-5-6-16-17-14/h3-4,7,12,15H,5-6H2,1-2H3. The first kappa shape index (κ1) is 13.0. The van der Waals surface area contributed by atoms with Crippen molar-refractivity contribution in [1.82, 2.24) is 5.32 Å². The highest BCUT2D eigenvalue weighted by atomic mass is 15.1. The number of nitriles is 1. The zero-order valence-electron chi connectivity index (χ0n) is 10.0. The quantitative estimate of drug-likeness (QED) is 0.364. The molecule has 5 nitrogen and oxygen atoms in total. The second-order valence-electron chi connectivity index (χ2n) is 3.83. The van der Waals surface area contributed by atoms with Crippen LogP contribution in [0.3, 0.4) is 0 Å². The van der Waals surface area contributed by atoms with Gasteiger partial charge in [-0.05, 0) is 30.5 Å². The molecule has 0 fully saturated rings. The lowest BCUT2D eigenvalue weighted by molar-refractivity contribution is 0.632. The van der Waals surface area contributed by atoms with E-state index in [1.165, 1.54) is 0 Å². The average molecular weight is 229 g/mol. The van der Waals surface area contributed by atoms with Crippen LogP contribution in [0.4, 0.5) is 0 Å². The highest BCUT2D eigenvalue weighted by Crippen LogP contribution is 2.18. The molecule has 0 aromatic heterocycles. The molecule has 0 saturated heterocycles. The number of rotatable bonds is 5. The van der Waals surface area contributed by atoms with Gasteiger partial charge in [0.15, 0.2) is 0 Å². The van der Waals surface area contributed by atoms with E-state index in [1.54, 1.807) is 0 Å². The van der Waals surface area contributed by atoms with Crippen molar-refractivity contribution in [3.05, 3.63) is 45.3 Å². The summed E-state index contributed by atoms with van der Waals surface area (Å²) in [6, 6.07) is 7.89. The molecule has 0 aliphatic carbocycles. The van der Waals surface area contributed by atoms with Crippen LogP contribution in [0.1, 0.15) is 22.7 Å². The first-order valence-corrected chi connectivity index (χ1v) is 5.40. The Kier molecular flexibility index (Phi) is 5.02. The molecule has 0 aliphatic heterocycles. The lowest BCUT2D eigenvalue weighted by atomic mass is 10.00. The topological polar surface area (TPSA) is 84.6 Å². The second-order valence-corrected chi connectivity index (χ2v) is 3.83. The zero-order valence-corrected chi connectivity index (χ0v) is 10.0. The molecule has 0 amide bonds. The summed E-state index contributed by atoms with van der Waals surface area (Å²) in [6.45, 7) is 4.82. The number of hydrogen-bond acceptors (Lipinski definition) is 3. The van der Waals surface area contributed by atoms with Crippen LogP contribution in [-0.2, 0) is 0 Å². The fourth-order valence-electron chi connectivity index (χ4n) is 1.60. The van der Waals surface area contributed by atoms with Crippen molar-refractivity contribution in [3.63, 3.8) is 0 Å². The van der Waals surface area contributed by atoms with Gasteiger partial charge in [0.05, 0.1) is 6.07 Å². The van der Waals surface area contributed by atoms with Gasteiger partial charge in [-0.25, -0.2) is 0 Å². The maximum absolute atomic E-state index is 9.14. The molecular weight excluding hydrogens is 214 g/mol. The Hall–Kier alpha value is -2.02. The van der Waals surface area contributed by atoms with Gasteiger partial charge in [-0.1, -0.05) is 28.9 Å². The molecule has 0 aliphatic rings. The number of nitrogens with one attached hydrogen (secondary N) is 1. The molecule has 5 heteroatoms. The number of aryl methyl sites for hydroxylation is 2. The molecule has 17 heavy (non-hydrogen) atoms. The van der Waals surface area contributed by atoms with Crippen LogP contribution in [0.25, 0.3) is 10.4 Å². The lowest BCUT2D eigenvalue weighted by Crippen LogP contribution is -2.23. The van der Waals surface area contributed by atoms with Crippen molar-refractivity contribution in [2.75, 3.05) is 13.1 Å². The van der Waals surface area contributed by atoms with E-state index in [0.717, 1.165) is 16.7 Å². The average Bonchev–Trinajstić information content (AvgIpc) is 2.33. The Balaban J connectivity index is 2.76. The van der Waals surface area contributed by atoms with Gasteiger partial charge in [0.25, 0.3) is 0 Å². The summed E-state index contributed by atoms with van der Waals surface area (Å²) >= 11 is 0. The Morgan fingerprint density at radius 2 is 2.29 bits per heavy atom. The molecule has 1 atom stereocenters. The van der Waals surface area contributed by atoms with Crippen molar-refractivity contribution in [3.8, 4) is 6.07 Å². The molecule has 0 spiro atoms. The van der Waals surface area contributed by atoms with Crippen molar-refractivity contribution in [2.45, 2.75) is 19.9 Å². The number of benzene rings is 1. The Morgan fingerprint density at radius 3 is 2.94 bits per heavy atom. The third-order valence-electron chi connectivity index (χ3n) is 2.50. The summed E-state index contributed by atoms with van der Waals surface area (Å²) < 4.78 is 0. The van der Waals surface area contributed by atoms with Crippen LogP contribution in [-0.4, -0.2) is 13.1 Å². The third kappa shape index (κ3) is 3.80.